The Morgan fingerprint density at radius 1 is 1.23 bits per heavy atom. The lowest BCUT2D eigenvalue weighted by atomic mass is 9.99. The summed E-state index contributed by atoms with van der Waals surface area (Å²) in [6, 6.07) is 3.76. The highest BCUT2D eigenvalue weighted by atomic mass is 35.5. The molecule has 5 nitrogen and oxygen atoms in total. The predicted octanol–water partition coefficient (Wildman–Crippen LogP) is 4.56. The molecule has 1 atom stereocenters. The lowest BCUT2D eigenvalue weighted by Crippen LogP contribution is -2.53. The van der Waals surface area contributed by atoms with Crippen LogP contribution >= 0.6 is 23.2 Å². The van der Waals surface area contributed by atoms with Crippen molar-refractivity contribution in [2.45, 2.75) is 26.3 Å². The molecule has 1 aromatic rings. The highest BCUT2D eigenvalue weighted by Gasteiger charge is 2.34. The smallest absolute Gasteiger partial charge is 0.223 e. The van der Waals surface area contributed by atoms with Gasteiger partial charge in [0, 0.05) is 37.5 Å². The second kappa shape index (κ2) is 7.99. The molecular formula is C19H25Cl2N5. The van der Waals surface area contributed by atoms with E-state index in [4.69, 9.17) is 33.3 Å². The van der Waals surface area contributed by atoms with Gasteiger partial charge >= 0.3 is 0 Å². The first-order valence-corrected chi connectivity index (χ1v) is 9.59. The molecule has 26 heavy (non-hydrogen) atoms. The van der Waals surface area contributed by atoms with Crippen LogP contribution in [0.3, 0.4) is 0 Å². The summed E-state index contributed by atoms with van der Waals surface area (Å²) < 4.78 is 0. The van der Waals surface area contributed by atoms with Gasteiger partial charge in [-0.25, -0.2) is 10.0 Å². The van der Waals surface area contributed by atoms with Crippen molar-refractivity contribution in [2.24, 2.45) is 10.1 Å². The second-order valence-corrected chi connectivity index (χ2v) is 7.77. The van der Waals surface area contributed by atoms with E-state index in [2.05, 4.69) is 23.4 Å². The van der Waals surface area contributed by atoms with Crippen LogP contribution in [0, 0.1) is 0 Å². The van der Waals surface area contributed by atoms with Crippen molar-refractivity contribution in [3.05, 3.63) is 40.4 Å². The van der Waals surface area contributed by atoms with Gasteiger partial charge < -0.3 is 9.80 Å². The molecule has 0 saturated carbocycles. The maximum absolute atomic E-state index is 6.29. The monoisotopic (exact) mass is 393 g/mol. The first-order valence-electron chi connectivity index (χ1n) is 8.83. The van der Waals surface area contributed by atoms with Gasteiger partial charge in [-0.2, -0.15) is 5.10 Å². The van der Waals surface area contributed by atoms with Crippen molar-refractivity contribution in [2.75, 3.05) is 33.2 Å². The molecular weight excluding hydrogens is 369 g/mol. The summed E-state index contributed by atoms with van der Waals surface area (Å²) in [5, 5.41) is 7.88. The van der Waals surface area contributed by atoms with Gasteiger partial charge in [0.1, 0.15) is 0 Å². The lowest BCUT2D eigenvalue weighted by Gasteiger charge is -2.42. The third-order valence-corrected chi connectivity index (χ3v) is 5.36. The zero-order valence-corrected chi connectivity index (χ0v) is 17.1. The van der Waals surface area contributed by atoms with E-state index in [0.29, 0.717) is 10.0 Å². The molecule has 3 rings (SSSR count). The van der Waals surface area contributed by atoms with Crippen molar-refractivity contribution in [1.82, 2.24) is 14.8 Å². The van der Waals surface area contributed by atoms with Crippen LogP contribution in [0.15, 0.2) is 34.9 Å². The first-order chi connectivity index (χ1) is 12.4. The van der Waals surface area contributed by atoms with Crippen LogP contribution in [0.5, 0.6) is 0 Å². The normalized spacial score (nSPS) is 20.5. The summed E-state index contributed by atoms with van der Waals surface area (Å²) in [5.41, 5.74) is 2.87. The molecule has 0 aliphatic carbocycles. The van der Waals surface area contributed by atoms with Crippen LogP contribution in [-0.2, 0) is 0 Å². The summed E-state index contributed by atoms with van der Waals surface area (Å²) in [6.45, 7) is 11.8. The van der Waals surface area contributed by atoms with Gasteiger partial charge in [-0.1, -0.05) is 29.3 Å². The van der Waals surface area contributed by atoms with Gasteiger partial charge in [0.2, 0.25) is 5.96 Å². The van der Waals surface area contributed by atoms with Gasteiger partial charge in [-0.05, 0) is 39.4 Å². The largest absolute Gasteiger partial charge is 0.338 e. The summed E-state index contributed by atoms with van der Waals surface area (Å²) in [4.78, 5) is 9.55. The minimum absolute atomic E-state index is 0.000627. The predicted molar refractivity (Wildman–Crippen MR) is 111 cm³/mol. The van der Waals surface area contributed by atoms with E-state index >= 15 is 0 Å². The number of piperazine rings is 1. The number of hydrogen-bond acceptors (Lipinski definition) is 5. The molecule has 0 aromatic heterocycles. The molecule has 0 radical (unpaired) electrons. The fourth-order valence-electron chi connectivity index (χ4n) is 3.28. The van der Waals surface area contributed by atoms with Crippen LogP contribution in [0.2, 0.25) is 10.0 Å². The lowest BCUT2D eigenvalue weighted by molar-refractivity contribution is 0.184. The molecule has 1 unspecified atom stereocenters. The maximum Gasteiger partial charge on any atom is 0.223 e. The van der Waals surface area contributed by atoms with E-state index in [1.54, 1.807) is 0 Å². The van der Waals surface area contributed by atoms with Crippen molar-refractivity contribution in [3.8, 4) is 0 Å². The molecule has 1 fully saturated rings. The molecule has 0 bridgehead atoms. The van der Waals surface area contributed by atoms with Crippen LogP contribution in [0.1, 0.15) is 31.9 Å². The van der Waals surface area contributed by atoms with Gasteiger partial charge in [0.05, 0.1) is 21.8 Å². The molecule has 2 aliphatic rings. The number of rotatable bonds is 3. The summed E-state index contributed by atoms with van der Waals surface area (Å²) in [5.74, 6) is 0.872. The first kappa shape index (κ1) is 19.2. The van der Waals surface area contributed by atoms with Gasteiger partial charge in [0.15, 0.2) is 0 Å². The zero-order valence-electron chi connectivity index (χ0n) is 15.5. The highest BCUT2D eigenvalue weighted by Crippen LogP contribution is 2.42. The van der Waals surface area contributed by atoms with E-state index in [1.807, 2.05) is 37.1 Å². The van der Waals surface area contributed by atoms with E-state index in [0.717, 1.165) is 55.5 Å². The molecule has 0 spiro atoms. The van der Waals surface area contributed by atoms with Crippen molar-refractivity contribution >= 4 is 40.6 Å². The number of halogens is 2. The fourth-order valence-corrected chi connectivity index (χ4v) is 3.61. The average molecular weight is 394 g/mol. The van der Waals surface area contributed by atoms with E-state index in [1.165, 1.54) is 0 Å². The Morgan fingerprint density at radius 3 is 2.50 bits per heavy atom. The number of likely N-dealkylation sites (N-methyl/N-ethyl adjacent to an activating group) is 1. The number of benzene rings is 1. The number of nitrogens with zero attached hydrogens (tertiary/aromatic N) is 5. The van der Waals surface area contributed by atoms with Gasteiger partial charge in [-0.3, -0.25) is 0 Å². The summed E-state index contributed by atoms with van der Waals surface area (Å²) >= 11 is 12.6. The zero-order chi connectivity index (χ0) is 18.8. The number of fused-ring (bicyclic) bond motifs is 1. The highest BCUT2D eigenvalue weighted by molar-refractivity contribution is 6.42. The topological polar surface area (TPSA) is 34.4 Å². The molecule has 140 valence electrons. The Morgan fingerprint density at radius 2 is 1.88 bits per heavy atom. The van der Waals surface area contributed by atoms with Crippen LogP contribution in [0.25, 0.3) is 0 Å². The molecule has 2 aliphatic heterocycles. The molecule has 1 saturated heterocycles. The fraction of sp³-hybridized carbons (Fsp3) is 0.474. The van der Waals surface area contributed by atoms with Crippen LogP contribution in [0.4, 0.5) is 5.69 Å². The van der Waals surface area contributed by atoms with E-state index < -0.39 is 0 Å². The van der Waals surface area contributed by atoms with Crippen LogP contribution in [-0.4, -0.2) is 59.7 Å². The summed E-state index contributed by atoms with van der Waals surface area (Å²) in [6.07, 6.45) is 2.66. The third kappa shape index (κ3) is 3.90. The molecule has 7 heteroatoms. The van der Waals surface area contributed by atoms with Crippen molar-refractivity contribution < 1.29 is 0 Å². The molecule has 0 amide bonds. The number of aliphatic imine (C=N–C) groups is 1. The number of hydrazone groups is 1. The van der Waals surface area contributed by atoms with E-state index in [-0.39, 0.29) is 6.04 Å². The Kier molecular flexibility index (Phi) is 5.90. The van der Waals surface area contributed by atoms with Crippen molar-refractivity contribution in [1.29, 1.82) is 0 Å². The summed E-state index contributed by atoms with van der Waals surface area (Å²) in [7, 11) is 2.14. The minimum atomic E-state index is -0.000627. The van der Waals surface area contributed by atoms with Gasteiger partial charge in [0.25, 0.3) is 0 Å². The Bertz CT molecular complexity index is 747. The Balaban J connectivity index is 2.11. The molecule has 2 heterocycles. The Labute approximate surface area is 165 Å². The Hall–Kier alpha value is -1.56. The number of hydrogen-bond donors (Lipinski definition) is 0. The number of guanidine groups is 1. The maximum atomic E-state index is 6.29. The van der Waals surface area contributed by atoms with Crippen LogP contribution < -0.4 is 0 Å². The SMILES string of the molecule is C=CCC1c2cc(Cl)c(Cl)cc2N=C(N2CCN(C)CC2)N1N=C(C)C. The average Bonchev–Trinajstić information content (AvgIpc) is 2.59. The van der Waals surface area contributed by atoms with Gasteiger partial charge in [-0.15, -0.1) is 6.58 Å². The minimum Gasteiger partial charge on any atom is -0.338 e. The molecule has 0 N–H and O–H groups in total. The third-order valence-electron chi connectivity index (χ3n) is 4.63. The quantitative estimate of drug-likeness (QED) is 0.557. The van der Waals surface area contributed by atoms with Crippen molar-refractivity contribution in [3.63, 3.8) is 0 Å². The second-order valence-electron chi connectivity index (χ2n) is 6.96. The molecule has 1 aromatic carbocycles. The standard InChI is InChI=1S/C19H25Cl2N5/c1-5-6-18-14-11-15(20)16(21)12-17(14)22-19(26(18)23-13(2)3)25-9-7-24(4)8-10-25/h5,11-12,18H,1,6-10H2,2-4H3. The van der Waals surface area contributed by atoms with E-state index in [9.17, 15) is 0 Å².